The van der Waals surface area contributed by atoms with Gasteiger partial charge in [0.2, 0.25) is 0 Å². The number of nitrogens with zero attached hydrogens (tertiary/aromatic N) is 1. The minimum atomic E-state index is -0.481. The first-order valence-electron chi connectivity index (χ1n) is 5.82. The van der Waals surface area contributed by atoms with E-state index < -0.39 is 4.92 Å². The second kappa shape index (κ2) is 5.79. The Kier molecular flexibility index (Phi) is 3.91. The number of aromatic hydroxyl groups is 1. The van der Waals surface area contributed by atoms with Crippen molar-refractivity contribution in [3.63, 3.8) is 0 Å². The van der Waals surface area contributed by atoms with Crippen molar-refractivity contribution >= 4 is 17.5 Å². The zero-order valence-corrected chi connectivity index (χ0v) is 10.4. The molecule has 0 aromatic heterocycles. The maximum atomic E-state index is 11.8. The van der Waals surface area contributed by atoms with E-state index in [-0.39, 0.29) is 17.2 Å². The molecule has 2 aromatic carbocycles. The van der Waals surface area contributed by atoms with Crippen LogP contribution in [0.5, 0.6) is 5.75 Å². The van der Waals surface area contributed by atoms with Gasteiger partial charge in [0.25, 0.3) is 5.69 Å². The molecule has 2 rings (SSSR count). The van der Waals surface area contributed by atoms with Crippen LogP contribution in [0, 0.1) is 10.1 Å². The number of hydrogen-bond donors (Lipinski definition) is 1. The van der Waals surface area contributed by atoms with Gasteiger partial charge >= 0.3 is 0 Å². The zero-order chi connectivity index (χ0) is 14.5. The number of rotatable bonds is 4. The van der Waals surface area contributed by atoms with Gasteiger partial charge in [0, 0.05) is 17.7 Å². The summed E-state index contributed by atoms with van der Waals surface area (Å²) in [6.07, 6.45) is 2.92. The van der Waals surface area contributed by atoms with E-state index in [0.29, 0.717) is 11.1 Å². The maximum Gasteiger partial charge on any atom is 0.269 e. The van der Waals surface area contributed by atoms with E-state index in [4.69, 9.17) is 0 Å². The Balaban J connectivity index is 2.13. The topological polar surface area (TPSA) is 80.4 Å². The molecule has 0 saturated heterocycles. The molecule has 0 amide bonds. The number of carbonyl (C=O) groups excluding carboxylic acids is 1. The van der Waals surface area contributed by atoms with Crippen LogP contribution in [0.25, 0.3) is 6.08 Å². The van der Waals surface area contributed by atoms with Crippen LogP contribution in [-0.2, 0) is 0 Å². The molecular weight excluding hydrogens is 258 g/mol. The lowest BCUT2D eigenvalue weighted by Gasteiger charge is -1.97. The molecule has 0 saturated carbocycles. The standard InChI is InChI=1S/C15H11NO4/c17-14-3-1-2-12(10-14)15(18)9-6-11-4-7-13(8-5-11)16(19)20/h1-10,17H. The Morgan fingerprint density at radius 3 is 2.45 bits per heavy atom. The van der Waals surface area contributed by atoms with E-state index in [9.17, 15) is 20.0 Å². The van der Waals surface area contributed by atoms with Gasteiger partial charge in [-0.05, 0) is 35.9 Å². The average Bonchev–Trinajstić information content (AvgIpc) is 2.45. The minimum Gasteiger partial charge on any atom is -0.508 e. The highest BCUT2D eigenvalue weighted by atomic mass is 16.6. The smallest absolute Gasteiger partial charge is 0.269 e. The van der Waals surface area contributed by atoms with Gasteiger partial charge in [-0.25, -0.2) is 0 Å². The number of carbonyl (C=O) groups is 1. The number of phenolic OH excluding ortho intramolecular Hbond substituents is 1. The molecule has 0 spiro atoms. The summed E-state index contributed by atoms with van der Waals surface area (Å²) in [6, 6.07) is 11.9. The number of hydrogen-bond acceptors (Lipinski definition) is 4. The second-order valence-electron chi connectivity index (χ2n) is 4.10. The summed E-state index contributed by atoms with van der Waals surface area (Å²) in [5.41, 5.74) is 1.06. The highest BCUT2D eigenvalue weighted by molar-refractivity contribution is 6.07. The van der Waals surface area contributed by atoms with Crippen LogP contribution < -0.4 is 0 Å². The first-order valence-corrected chi connectivity index (χ1v) is 5.82. The van der Waals surface area contributed by atoms with Crippen LogP contribution in [-0.4, -0.2) is 15.8 Å². The number of nitro groups is 1. The van der Waals surface area contributed by atoms with E-state index in [1.165, 1.54) is 30.3 Å². The number of allylic oxidation sites excluding steroid dienone is 1. The molecule has 20 heavy (non-hydrogen) atoms. The number of non-ortho nitro benzene ring substituents is 1. The lowest BCUT2D eigenvalue weighted by Crippen LogP contribution is -1.93. The van der Waals surface area contributed by atoms with Gasteiger partial charge in [0.15, 0.2) is 5.78 Å². The molecule has 0 bridgehead atoms. The lowest BCUT2D eigenvalue weighted by atomic mass is 10.1. The van der Waals surface area contributed by atoms with Crippen LogP contribution in [0.3, 0.4) is 0 Å². The molecule has 0 aliphatic rings. The Labute approximate surface area is 115 Å². The van der Waals surface area contributed by atoms with E-state index >= 15 is 0 Å². The van der Waals surface area contributed by atoms with Crippen LogP contribution >= 0.6 is 0 Å². The quantitative estimate of drug-likeness (QED) is 0.400. The third kappa shape index (κ3) is 3.29. The molecule has 100 valence electrons. The highest BCUT2D eigenvalue weighted by Crippen LogP contribution is 2.15. The van der Waals surface area contributed by atoms with Crippen molar-refractivity contribution in [3.8, 4) is 5.75 Å². The van der Waals surface area contributed by atoms with Crippen molar-refractivity contribution in [3.05, 3.63) is 75.8 Å². The Bertz CT molecular complexity index is 675. The van der Waals surface area contributed by atoms with Crippen molar-refractivity contribution in [2.24, 2.45) is 0 Å². The van der Waals surface area contributed by atoms with E-state index in [0.717, 1.165) is 0 Å². The Morgan fingerprint density at radius 2 is 1.85 bits per heavy atom. The minimum absolute atomic E-state index is 0.00135. The molecule has 0 atom stereocenters. The fraction of sp³-hybridized carbons (Fsp3) is 0. The van der Waals surface area contributed by atoms with Gasteiger partial charge in [0.1, 0.15) is 5.75 Å². The van der Waals surface area contributed by atoms with Crippen LogP contribution in [0.1, 0.15) is 15.9 Å². The predicted molar refractivity (Wildman–Crippen MR) is 74.6 cm³/mol. The van der Waals surface area contributed by atoms with Crippen molar-refractivity contribution < 1.29 is 14.8 Å². The summed E-state index contributed by atoms with van der Waals surface area (Å²) < 4.78 is 0. The fourth-order valence-corrected chi connectivity index (χ4v) is 1.63. The number of benzene rings is 2. The Hall–Kier alpha value is -2.95. The van der Waals surface area contributed by atoms with Crippen LogP contribution in [0.4, 0.5) is 5.69 Å². The van der Waals surface area contributed by atoms with Gasteiger partial charge in [-0.2, -0.15) is 0 Å². The van der Waals surface area contributed by atoms with Gasteiger partial charge < -0.3 is 5.11 Å². The molecule has 0 aliphatic carbocycles. The van der Waals surface area contributed by atoms with Crippen molar-refractivity contribution in [2.45, 2.75) is 0 Å². The molecule has 0 radical (unpaired) electrons. The molecule has 0 unspecified atom stereocenters. The first kappa shape index (κ1) is 13.5. The van der Waals surface area contributed by atoms with Crippen LogP contribution in [0.15, 0.2) is 54.6 Å². The van der Waals surface area contributed by atoms with E-state index in [2.05, 4.69) is 0 Å². The van der Waals surface area contributed by atoms with Gasteiger partial charge in [-0.1, -0.05) is 18.2 Å². The molecule has 2 aromatic rings. The van der Waals surface area contributed by atoms with Crippen molar-refractivity contribution in [1.82, 2.24) is 0 Å². The normalized spacial score (nSPS) is 10.6. The third-order valence-electron chi connectivity index (χ3n) is 2.66. The number of phenols is 1. The van der Waals surface area contributed by atoms with Crippen molar-refractivity contribution in [1.29, 1.82) is 0 Å². The van der Waals surface area contributed by atoms with Gasteiger partial charge in [0.05, 0.1) is 4.92 Å². The molecule has 1 N–H and O–H groups in total. The molecule has 5 nitrogen and oxygen atoms in total. The van der Waals surface area contributed by atoms with Gasteiger partial charge in [-0.15, -0.1) is 0 Å². The van der Waals surface area contributed by atoms with E-state index in [1.54, 1.807) is 30.3 Å². The molecule has 5 heteroatoms. The van der Waals surface area contributed by atoms with Gasteiger partial charge in [-0.3, -0.25) is 14.9 Å². The summed E-state index contributed by atoms with van der Waals surface area (Å²) >= 11 is 0. The summed E-state index contributed by atoms with van der Waals surface area (Å²) in [4.78, 5) is 21.9. The van der Waals surface area contributed by atoms with Crippen molar-refractivity contribution in [2.75, 3.05) is 0 Å². The van der Waals surface area contributed by atoms with Crippen LogP contribution in [0.2, 0.25) is 0 Å². The lowest BCUT2D eigenvalue weighted by molar-refractivity contribution is -0.384. The fourth-order valence-electron chi connectivity index (χ4n) is 1.63. The molecule has 0 aliphatic heterocycles. The third-order valence-corrected chi connectivity index (χ3v) is 2.66. The number of nitro benzene ring substituents is 1. The predicted octanol–water partition coefficient (Wildman–Crippen LogP) is 3.20. The summed E-state index contributed by atoms with van der Waals surface area (Å²) in [7, 11) is 0. The monoisotopic (exact) mass is 269 g/mol. The largest absolute Gasteiger partial charge is 0.508 e. The average molecular weight is 269 g/mol. The summed E-state index contributed by atoms with van der Waals surface area (Å²) in [6.45, 7) is 0. The summed E-state index contributed by atoms with van der Waals surface area (Å²) in [5, 5.41) is 19.8. The summed E-state index contributed by atoms with van der Waals surface area (Å²) in [5.74, 6) is -0.223. The molecule has 0 heterocycles. The maximum absolute atomic E-state index is 11.8. The van der Waals surface area contributed by atoms with E-state index in [1.807, 2.05) is 0 Å². The highest BCUT2D eigenvalue weighted by Gasteiger charge is 2.04. The SMILES string of the molecule is O=C(C=Cc1ccc([N+](=O)[O-])cc1)c1cccc(O)c1. The zero-order valence-electron chi connectivity index (χ0n) is 10.4. The first-order chi connectivity index (χ1) is 9.56. The molecule has 0 fully saturated rings. The second-order valence-corrected chi connectivity index (χ2v) is 4.10. The Morgan fingerprint density at radius 1 is 1.15 bits per heavy atom. The number of ketones is 1. The molecular formula is C15H11NO4.